The summed E-state index contributed by atoms with van der Waals surface area (Å²) in [6, 6.07) is 8.53. The van der Waals surface area contributed by atoms with Crippen LogP contribution in [0.3, 0.4) is 0 Å². The van der Waals surface area contributed by atoms with E-state index in [1.807, 2.05) is 30.3 Å². The number of nitrogens with one attached hydrogen (secondary N) is 1. The van der Waals surface area contributed by atoms with Crippen molar-refractivity contribution in [2.75, 3.05) is 25.5 Å². The predicted molar refractivity (Wildman–Crippen MR) is 107 cm³/mol. The van der Waals surface area contributed by atoms with E-state index in [1.165, 1.54) is 5.39 Å². The summed E-state index contributed by atoms with van der Waals surface area (Å²) in [6.45, 7) is 6.53. The zero-order valence-electron chi connectivity index (χ0n) is 15.4. The molecule has 26 heavy (non-hydrogen) atoms. The summed E-state index contributed by atoms with van der Waals surface area (Å²) < 4.78 is 1.82. The number of rotatable bonds is 4. The van der Waals surface area contributed by atoms with Crippen molar-refractivity contribution in [3.05, 3.63) is 55.1 Å². The molecule has 0 amide bonds. The van der Waals surface area contributed by atoms with Crippen molar-refractivity contribution in [1.29, 1.82) is 0 Å². The van der Waals surface area contributed by atoms with E-state index in [-0.39, 0.29) is 0 Å². The van der Waals surface area contributed by atoms with Crippen molar-refractivity contribution in [2.24, 2.45) is 13.0 Å². The number of piperidine rings is 1. The van der Waals surface area contributed by atoms with E-state index in [4.69, 9.17) is 0 Å². The summed E-state index contributed by atoms with van der Waals surface area (Å²) in [6.07, 6.45) is 8.15. The van der Waals surface area contributed by atoms with E-state index in [9.17, 15) is 0 Å². The Hall–Kier alpha value is -2.66. The highest BCUT2D eigenvalue weighted by Gasteiger charge is 2.19. The van der Waals surface area contributed by atoms with Crippen LogP contribution in [-0.2, 0) is 7.05 Å². The Morgan fingerprint density at radius 3 is 2.62 bits per heavy atom. The molecule has 3 heterocycles. The number of aromatic nitrogens is 3. The van der Waals surface area contributed by atoms with Crippen molar-refractivity contribution >= 4 is 16.6 Å². The first kappa shape index (κ1) is 16.8. The highest BCUT2D eigenvalue weighted by atomic mass is 15.2. The lowest BCUT2D eigenvalue weighted by Crippen LogP contribution is -2.31. The molecule has 1 aliphatic heterocycles. The van der Waals surface area contributed by atoms with Gasteiger partial charge in [-0.25, -0.2) is 4.98 Å². The number of anilines is 1. The standard InChI is InChI=1S/C21H25N5/c1-15(16-6-8-25(2)9-7-16)24-21-11-19-10-17(4-5-18(19)12-22-21)20-13-23-26(3)14-20/h4-5,10-14,16H,1,6-9H2,2-3H3,(H,22,24). The lowest BCUT2D eigenvalue weighted by atomic mass is 9.94. The van der Waals surface area contributed by atoms with Crippen molar-refractivity contribution < 1.29 is 0 Å². The van der Waals surface area contributed by atoms with Crippen molar-refractivity contribution in [3.8, 4) is 11.1 Å². The van der Waals surface area contributed by atoms with Crippen LogP contribution in [0, 0.1) is 5.92 Å². The lowest BCUT2D eigenvalue weighted by molar-refractivity contribution is 0.239. The van der Waals surface area contributed by atoms with E-state index in [0.29, 0.717) is 5.92 Å². The maximum absolute atomic E-state index is 4.56. The minimum absolute atomic E-state index is 0.519. The first-order chi connectivity index (χ1) is 12.6. The minimum Gasteiger partial charge on any atom is -0.344 e. The van der Waals surface area contributed by atoms with Gasteiger partial charge in [0.25, 0.3) is 0 Å². The normalized spacial score (nSPS) is 16.1. The number of nitrogens with zero attached hydrogens (tertiary/aromatic N) is 4. The van der Waals surface area contributed by atoms with E-state index < -0.39 is 0 Å². The smallest absolute Gasteiger partial charge is 0.130 e. The van der Waals surface area contributed by atoms with Gasteiger partial charge in [0, 0.05) is 42.0 Å². The van der Waals surface area contributed by atoms with Gasteiger partial charge in [0.15, 0.2) is 0 Å². The topological polar surface area (TPSA) is 46.0 Å². The molecule has 134 valence electrons. The molecule has 1 aromatic carbocycles. The maximum Gasteiger partial charge on any atom is 0.130 e. The maximum atomic E-state index is 4.56. The average Bonchev–Trinajstić information content (AvgIpc) is 3.08. The third-order valence-electron chi connectivity index (χ3n) is 5.26. The van der Waals surface area contributed by atoms with Gasteiger partial charge in [-0.1, -0.05) is 18.7 Å². The fraction of sp³-hybridized carbons (Fsp3) is 0.333. The zero-order chi connectivity index (χ0) is 18.1. The first-order valence-electron chi connectivity index (χ1n) is 9.12. The molecule has 1 saturated heterocycles. The molecule has 0 atom stereocenters. The Kier molecular flexibility index (Phi) is 4.47. The molecule has 2 aromatic heterocycles. The first-order valence-corrected chi connectivity index (χ1v) is 9.12. The molecular formula is C21H25N5. The number of hydrogen-bond donors (Lipinski definition) is 1. The summed E-state index contributed by atoms with van der Waals surface area (Å²) in [5, 5.41) is 10.0. The number of benzene rings is 1. The fourth-order valence-corrected chi connectivity index (χ4v) is 3.58. The fourth-order valence-electron chi connectivity index (χ4n) is 3.58. The van der Waals surface area contributed by atoms with E-state index in [2.05, 4.69) is 58.2 Å². The third kappa shape index (κ3) is 3.48. The Balaban J connectivity index is 1.55. The molecule has 0 unspecified atom stereocenters. The summed E-state index contributed by atoms with van der Waals surface area (Å²) in [7, 11) is 4.11. The van der Waals surface area contributed by atoms with Crippen molar-refractivity contribution in [3.63, 3.8) is 0 Å². The van der Waals surface area contributed by atoms with Gasteiger partial charge >= 0.3 is 0 Å². The number of allylic oxidation sites excluding steroid dienone is 1. The molecule has 1 N–H and O–H groups in total. The lowest BCUT2D eigenvalue weighted by Gasteiger charge is -2.30. The zero-order valence-corrected chi connectivity index (χ0v) is 15.4. The summed E-state index contributed by atoms with van der Waals surface area (Å²) in [4.78, 5) is 6.94. The van der Waals surface area contributed by atoms with Crippen LogP contribution in [0.1, 0.15) is 12.8 Å². The number of fused-ring (bicyclic) bond motifs is 1. The second-order valence-electron chi connectivity index (χ2n) is 7.26. The average molecular weight is 347 g/mol. The Bertz CT molecular complexity index is 934. The van der Waals surface area contributed by atoms with Gasteiger partial charge in [0.05, 0.1) is 6.20 Å². The molecule has 1 fully saturated rings. The highest BCUT2D eigenvalue weighted by molar-refractivity contribution is 5.88. The Labute approximate surface area is 154 Å². The van der Waals surface area contributed by atoms with Crippen molar-refractivity contribution in [1.82, 2.24) is 19.7 Å². The summed E-state index contributed by atoms with van der Waals surface area (Å²) in [5.74, 6) is 1.38. The third-order valence-corrected chi connectivity index (χ3v) is 5.26. The van der Waals surface area contributed by atoms with E-state index >= 15 is 0 Å². The summed E-state index contributed by atoms with van der Waals surface area (Å²) >= 11 is 0. The molecule has 0 radical (unpaired) electrons. The van der Waals surface area contributed by atoms with Gasteiger partial charge in [0.2, 0.25) is 0 Å². The summed E-state index contributed by atoms with van der Waals surface area (Å²) in [5.41, 5.74) is 3.36. The van der Waals surface area contributed by atoms with Gasteiger partial charge < -0.3 is 10.2 Å². The van der Waals surface area contributed by atoms with Gasteiger partial charge in [-0.05, 0) is 56.1 Å². The molecule has 1 aliphatic rings. The van der Waals surface area contributed by atoms with Crippen molar-refractivity contribution in [2.45, 2.75) is 12.8 Å². The van der Waals surface area contributed by atoms with Gasteiger partial charge in [-0.15, -0.1) is 0 Å². The van der Waals surface area contributed by atoms with Crippen LogP contribution >= 0.6 is 0 Å². The molecule has 3 aromatic rings. The van der Waals surface area contributed by atoms with Crippen LogP contribution in [0.25, 0.3) is 21.9 Å². The molecule has 4 rings (SSSR count). The molecule has 0 aliphatic carbocycles. The highest BCUT2D eigenvalue weighted by Crippen LogP contribution is 2.27. The molecular weight excluding hydrogens is 322 g/mol. The minimum atomic E-state index is 0.519. The van der Waals surface area contributed by atoms with Crippen LogP contribution in [0.5, 0.6) is 0 Å². The number of hydrogen-bond acceptors (Lipinski definition) is 4. The predicted octanol–water partition coefficient (Wildman–Crippen LogP) is 3.90. The SMILES string of the molecule is C=C(Nc1cc2cc(-c3cnn(C)c3)ccc2cn1)C1CCN(C)CC1. The van der Waals surface area contributed by atoms with Crippen LogP contribution in [-0.4, -0.2) is 39.8 Å². The van der Waals surface area contributed by atoms with Crippen LogP contribution in [0.15, 0.2) is 55.1 Å². The molecule has 0 bridgehead atoms. The second-order valence-corrected chi connectivity index (χ2v) is 7.26. The molecule has 0 saturated carbocycles. The number of likely N-dealkylation sites (tertiary alicyclic amines) is 1. The largest absolute Gasteiger partial charge is 0.344 e. The van der Waals surface area contributed by atoms with Gasteiger partial charge in [0.1, 0.15) is 5.82 Å². The second kappa shape index (κ2) is 6.92. The number of aryl methyl sites for hydroxylation is 1. The Morgan fingerprint density at radius 1 is 1.08 bits per heavy atom. The molecule has 0 spiro atoms. The van der Waals surface area contributed by atoms with Gasteiger partial charge in [-0.3, -0.25) is 4.68 Å². The molecule has 5 nitrogen and oxygen atoms in total. The Morgan fingerprint density at radius 2 is 1.88 bits per heavy atom. The van der Waals surface area contributed by atoms with Crippen LogP contribution < -0.4 is 5.32 Å². The van der Waals surface area contributed by atoms with E-state index in [1.54, 1.807) is 0 Å². The quantitative estimate of drug-likeness (QED) is 0.777. The number of pyridine rings is 1. The van der Waals surface area contributed by atoms with E-state index in [0.717, 1.165) is 54.0 Å². The monoisotopic (exact) mass is 347 g/mol. The van der Waals surface area contributed by atoms with Crippen LogP contribution in [0.4, 0.5) is 5.82 Å². The molecule has 5 heteroatoms. The van der Waals surface area contributed by atoms with Crippen LogP contribution in [0.2, 0.25) is 0 Å². The van der Waals surface area contributed by atoms with Gasteiger partial charge in [-0.2, -0.15) is 5.10 Å².